The van der Waals surface area contributed by atoms with E-state index in [1.54, 1.807) is 22.8 Å². The van der Waals surface area contributed by atoms with Crippen LogP contribution in [-0.2, 0) is 6.42 Å². The van der Waals surface area contributed by atoms with Crippen molar-refractivity contribution in [2.45, 2.75) is 32.2 Å². The molecule has 3 N–H and O–H groups in total. The zero-order valence-corrected chi connectivity index (χ0v) is 15.9. The summed E-state index contributed by atoms with van der Waals surface area (Å²) < 4.78 is 15.3. The van der Waals surface area contributed by atoms with Gasteiger partial charge in [-0.25, -0.2) is 9.37 Å². The first-order valence-corrected chi connectivity index (χ1v) is 9.59. The molecule has 142 valence electrons. The highest BCUT2D eigenvalue weighted by atomic mass is 35.5. The zero-order valence-electron chi connectivity index (χ0n) is 15.1. The fourth-order valence-electron chi connectivity index (χ4n) is 3.43. The van der Waals surface area contributed by atoms with Gasteiger partial charge in [-0.15, -0.1) is 0 Å². The van der Waals surface area contributed by atoms with E-state index in [2.05, 4.69) is 28.0 Å². The lowest BCUT2D eigenvalue weighted by molar-refractivity contribution is 0.478. The van der Waals surface area contributed by atoms with Crippen molar-refractivity contribution in [2.75, 3.05) is 23.7 Å². The Balaban J connectivity index is 1.75. The van der Waals surface area contributed by atoms with E-state index < -0.39 is 5.82 Å². The molecule has 1 saturated heterocycles. The second kappa shape index (κ2) is 7.70. The normalized spacial score (nSPS) is 15.2. The third kappa shape index (κ3) is 3.70. The molecule has 1 fully saturated rings. The summed E-state index contributed by atoms with van der Waals surface area (Å²) in [7, 11) is 0. The van der Waals surface area contributed by atoms with Crippen LogP contribution in [0.15, 0.2) is 30.5 Å². The molecule has 0 radical (unpaired) electrons. The van der Waals surface area contributed by atoms with E-state index in [1.807, 2.05) is 6.07 Å². The summed E-state index contributed by atoms with van der Waals surface area (Å²) >= 11 is 5.94. The van der Waals surface area contributed by atoms with Gasteiger partial charge in [-0.05, 0) is 50.6 Å². The van der Waals surface area contributed by atoms with Crippen molar-refractivity contribution in [1.29, 1.82) is 0 Å². The molecule has 0 saturated carbocycles. The molecule has 0 unspecified atom stereocenters. The Kier molecular flexibility index (Phi) is 5.13. The van der Waals surface area contributed by atoms with Gasteiger partial charge in [-0.1, -0.05) is 18.5 Å². The summed E-state index contributed by atoms with van der Waals surface area (Å²) in [6.45, 7) is 4.10. The number of hydrogen-bond donors (Lipinski definition) is 3. The molecule has 1 aliphatic rings. The molecule has 1 aliphatic heterocycles. The first-order chi connectivity index (χ1) is 13.2. The number of rotatable bonds is 5. The molecule has 0 atom stereocenters. The van der Waals surface area contributed by atoms with Gasteiger partial charge in [0.25, 0.3) is 0 Å². The Labute approximate surface area is 162 Å². The number of aromatic nitrogens is 3. The third-order valence-corrected chi connectivity index (χ3v) is 5.14. The minimum atomic E-state index is -0.440. The Hall–Kier alpha value is -2.38. The van der Waals surface area contributed by atoms with E-state index in [1.165, 1.54) is 6.07 Å². The number of fused-ring (bicyclic) bond motifs is 1. The molecule has 0 amide bonds. The molecule has 2 aromatic heterocycles. The van der Waals surface area contributed by atoms with Crippen molar-refractivity contribution in [3.05, 3.63) is 46.9 Å². The number of nitrogens with zero attached hydrogens (tertiary/aromatic N) is 3. The van der Waals surface area contributed by atoms with Gasteiger partial charge in [0.05, 0.1) is 11.2 Å². The van der Waals surface area contributed by atoms with Crippen molar-refractivity contribution in [1.82, 2.24) is 19.9 Å². The molecule has 0 bridgehead atoms. The van der Waals surface area contributed by atoms with Crippen LogP contribution >= 0.6 is 11.6 Å². The molecule has 4 rings (SSSR count). The van der Waals surface area contributed by atoms with Crippen molar-refractivity contribution in [3.63, 3.8) is 0 Å². The molecule has 6 nitrogen and oxygen atoms in total. The van der Waals surface area contributed by atoms with Crippen LogP contribution in [0.25, 0.3) is 5.65 Å². The highest BCUT2D eigenvalue weighted by Crippen LogP contribution is 2.30. The third-order valence-electron chi connectivity index (χ3n) is 4.85. The molecule has 8 heteroatoms. The number of nitrogens with one attached hydrogen (secondary N) is 3. The van der Waals surface area contributed by atoms with E-state index in [4.69, 9.17) is 16.6 Å². The molecule has 3 heterocycles. The Morgan fingerprint density at radius 1 is 1.30 bits per heavy atom. The van der Waals surface area contributed by atoms with Crippen molar-refractivity contribution in [2.24, 2.45) is 0 Å². The van der Waals surface area contributed by atoms with Crippen molar-refractivity contribution >= 4 is 34.6 Å². The van der Waals surface area contributed by atoms with Gasteiger partial charge in [0.15, 0.2) is 5.65 Å². The highest BCUT2D eigenvalue weighted by Gasteiger charge is 2.19. The van der Waals surface area contributed by atoms with Crippen LogP contribution in [-0.4, -0.2) is 33.7 Å². The maximum atomic E-state index is 13.5. The summed E-state index contributed by atoms with van der Waals surface area (Å²) in [5, 5.41) is 14.8. The molecule has 0 spiro atoms. The Bertz CT molecular complexity index is 951. The second-order valence-corrected chi connectivity index (χ2v) is 7.07. The largest absolute Gasteiger partial charge is 0.367 e. The van der Waals surface area contributed by atoms with E-state index in [0.29, 0.717) is 11.7 Å². The quantitative estimate of drug-likeness (QED) is 0.616. The zero-order chi connectivity index (χ0) is 18.8. The predicted molar refractivity (Wildman–Crippen MR) is 107 cm³/mol. The molecular formula is C19H22ClFN6. The first-order valence-electron chi connectivity index (χ1n) is 9.21. The highest BCUT2D eigenvalue weighted by molar-refractivity contribution is 6.31. The fraction of sp³-hybridized carbons (Fsp3) is 0.368. The molecule has 3 aromatic rings. The maximum Gasteiger partial charge on any atom is 0.159 e. The van der Waals surface area contributed by atoms with Crippen LogP contribution in [0, 0.1) is 5.82 Å². The number of hydrogen-bond acceptors (Lipinski definition) is 5. The van der Waals surface area contributed by atoms with Crippen LogP contribution in [0.5, 0.6) is 0 Å². The SMILES string of the molecule is CCc1c(NC2CCNCC2)nc2ccnn2c1Nc1ccc(F)c(Cl)c1. The summed E-state index contributed by atoms with van der Waals surface area (Å²) in [5.41, 5.74) is 2.48. The minimum Gasteiger partial charge on any atom is -0.367 e. The van der Waals surface area contributed by atoms with Crippen LogP contribution in [0.4, 0.5) is 21.7 Å². The minimum absolute atomic E-state index is 0.0804. The van der Waals surface area contributed by atoms with Gasteiger partial charge in [0.2, 0.25) is 0 Å². The summed E-state index contributed by atoms with van der Waals surface area (Å²) in [4.78, 5) is 4.78. The lowest BCUT2D eigenvalue weighted by Gasteiger charge is -2.26. The van der Waals surface area contributed by atoms with Gasteiger partial charge >= 0.3 is 0 Å². The molecule has 27 heavy (non-hydrogen) atoms. The fourth-order valence-corrected chi connectivity index (χ4v) is 3.61. The monoisotopic (exact) mass is 388 g/mol. The van der Waals surface area contributed by atoms with Gasteiger partial charge in [0.1, 0.15) is 17.5 Å². The average molecular weight is 389 g/mol. The summed E-state index contributed by atoms with van der Waals surface area (Å²) in [5.74, 6) is 1.24. The van der Waals surface area contributed by atoms with Gasteiger partial charge in [-0.2, -0.15) is 9.61 Å². The van der Waals surface area contributed by atoms with Gasteiger partial charge < -0.3 is 16.0 Å². The van der Waals surface area contributed by atoms with Crippen LogP contribution < -0.4 is 16.0 Å². The molecule has 1 aromatic carbocycles. The lowest BCUT2D eigenvalue weighted by Crippen LogP contribution is -2.35. The number of halogens is 2. The summed E-state index contributed by atoms with van der Waals surface area (Å²) in [6.07, 6.45) is 4.61. The molecular weight excluding hydrogens is 367 g/mol. The number of piperidine rings is 1. The maximum absolute atomic E-state index is 13.5. The van der Waals surface area contributed by atoms with Gasteiger partial charge in [0, 0.05) is 23.4 Å². The van der Waals surface area contributed by atoms with Crippen LogP contribution in [0.2, 0.25) is 5.02 Å². The van der Waals surface area contributed by atoms with Crippen LogP contribution in [0.3, 0.4) is 0 Å². The smallest absolute Gasteiger partial charge is 0.159 e. The summed E-state index contributed by atoms with van der Waals surface area (Å²) in [6, 6.07) is 6.85. The average Bonchev–Trinajstić information content (AvgIpc) is 3.14. The first kappa shape index (κ1) is 18.0. The number of benzene rings is 1. The van der Waals surface area contributed by atoms with Crippen LogP contribution in [0.1, 0.15) is 25.3 Å². The topological polar surface area (TPSA) is 66.3 Å². The lowest BCUT2D eigenvalue weighted by atomic mass is 10.1. The van der Waals surface area contributed by atoms with E-state index in [-0.39, 0.29) is 5.02 Å². The van der Waals surface area contributed by atoms with Gasteiger partial charge in [-0.3, -0.25) is 0 Å². The van der Waals surface area contributed by atoms with E-state index in [9.17, 15) is 4.39 Å². The standard InChI is InChI=1S/C19H22ClFN6/c1-2-14-18(24-12-5-8-22-9-6-12)26-17-7-10-23-27(17)19(14)25-13-3-4-16(21)15(20)11-13/h3-4,7,10-12,22,25H,2,5-6,8-9H2,1H3,(H,24,26). The van der Waals surface area contributed by atoms with Crippen molar-refractivity contribution < 1.29 is 4.39 Å². The molecule has 0 aliphatic carbocycles. The Morgan fingerprint density at radius 2 is 2.11 bits per heavy atom. The predicted octanol–water partition coefficient (Wildman–Crippen LogP) is 3.99. The van der Waals surface area contributed by atoms with Crippen molar-refractivity contribution in [3.8, 4) is 0 Å². The Morgan fingerprint density at radius 3 is 2.85 bits per heavy atom. The number of anilines is 3. The van der Waals surface area contributed by atoms with E-state index >= 15 is 0 Å². The van der Waals surface area contributed by atoms with E-state index in [0.717, 1.165) is 55.2 Å². The second-order valence-electron chi connectivity index (χ2n) is 6.66.